The molecule has 0 aliphatic carbocycles. The van der Waals surface area contributed by atoms with Crippen molar-refractivity contribution in [1.82, 2.24) is 10.3 Å². The minimum absolute atomic E-state index is 0.0165. The maximum Gasteiger partial charge on any atom is 0.337 e. The van der Waals surface area contributed by atoms with E-state index >= 15 is 0 Å². The van der Waals surface area contributed by atoms with Gasteiger partial charge in [-0.05, 0) is 19.9 Å². The van der Waals surface area contributed by atoms with Gasteiger partial charge in [0.25, 0.3) is 0 Å². The summed E-state index contributed by atoms with van der Waals surface area (Å²) in [5.74, 6) is -0.822. The molecule has 0 atom stereocenters. The Bertz CT molecular complexity index is 479. The van der Waals surface area contributed by atoms with Gasteiger partial charge >= 0.3 is 5.97 Å². The Balaban J connectivity index is 2.92. The zero-order valence-corrected chi connectivity index (χ0v) is 11.6. The SMILES string of the molecule is CCNC(=O)CN(CC)c1ncc(C(=O)O)cc1Cl. The number of carboxylic acids is 1. The molecule has 0 spiro atoms. The Labute approximate surface area is 116 Å². The molecule has 6 nitrogen and oxygen atoms in total. The highest BCUT2D eigenvalue weighted by molar-refractivity contribution is 6.33. The van der Waals surface area contributed by atoms with Crippen molar-refractivity contribution in [2.24, 2.45) is 0 Å². The zero-order valence-electron chi connectivity index (χ0n) is 10.8. The number of anilines is 1. The number of nitrogens with one attached hydrogen (secondary N) is 1. The van der Waals surface area contributed by atoms with E-state index in [1.54, 1.807) is 4.90 Å². The van der Waals surface area contributed by atoms with Crippen LogP contribution in [-0.2, 0) is 4.79 Å². The topological polar surface area (TPSA) is 82.5 Å². The summed E-state index contributed by atoms with van der Waals surface area (Å²) in [5.41, 5.74) is 0.0165. The summed E-state index contributed by atoms with van der Waals surface area (Å²) >= 11 is 6.01. The lowest BCUT2D eigenvalue weighted by Gasteiger charge is -2.22. The minimum atomic E-state index is -1.09. The van der Waals surface area contributed by atoms with E-state index in [1.165, 1.54) is 12.3 Å². The second-order valence-corrected chi connectivity index (χ2v) is 4.21. The zero-order chi connectivity index (χ0) is 14.4. The highest BCUT2D eigenvalue weighted by atomic mass is 35.5. The Morgan fingerprint density at radius 2 is 2.16 bits per heavy atom. The van der Waals surface area contributed by atoms with E-state index in [2.05, 4.69) is 10.3 Å². The average molecular weight is 286 g/mol. The Hall–Kier alpha value is -1.82. The monoisotopic (exact) mass is 285 g/mol. The van der Waals surface area contributed by atoms with Crippen LogP contribution >= 0.6 is 11.6 Å². The summed E-state index contributed by atoms with van der Waals surface area (Å²) in [6.07, 6.45) is 1.23. The predicted molar refractivity (Wildman–Crippen MR) is 72.8 cm³/mol. The first kappa shape index (κ1) is 15.2. The van der Waals surface area contributed by atoms with E-state index in [4.69, 9.17) is 16.7 Å². The first-order valence-corrected chi connectivity index (χ1v) is 6.27. The largest absolute Gasteiger partial charge is 0.478 e. The van der Waals surface area contributed by atoms with Crippen LogP contribution in [0.15, 0.2) is 12.3 Å². The summed E-state index contributed by atoms with van der Waals surface area (Å²) < 4.78 is 0. The fourth-order valence-corrected chi connectivity index (χ4v) is 1.83. The smallest absolute Gasteiger partial charge is 0.337 e. The first-order chi connectivity index (χ1) is 8.99. The van der Waals surface area contributed by atoms with Crippen LogP contribution in [0.2, 0.25) is 5.02 Å². The van der Waals surface area contributed by atoms with Crippen molar-refractivity contribution in [2.75, 3.05) is 24.5 Å². The van der Waals surface area contributed by atoms with Crippen LogP contribution in [0.25, 0.3) is 0 Å². The molecule has 19 heavy (non-hydrogen) atoms. The van der Waals surface area contributed by atoms with Crippen molar-refractivity contribution in [3.05, 3.63) is 22.8 Å². The molecule has 0 fully saturated rings. The molecule has 0 bridgehead atoms. The third-order valence-corrected chi connectivity index (χ3v) is 2.74. The maximum atomic E-state index is 11.6. The van der Waals surface area contributed by atoms with Crippen molar-refractivity contribution in [3.8, 4) is 0 Å². The highest BCUT2D eigenvalue weighted by Gasteiger charge is 2.15. The summed E-state index contributed by atoms with van der Waals surface area (Å²) in [5, 5.41) is 11.7. The normalized spacial score (nSPS) is 10.1. The standard InChI is InChI=1S/C12H16ClN3O3/c1-3-14-10(17)7-16(4-2)11-9(13)5-8(6-15-11)12(18)19/h5-6H,3-4,7H2,1-2H3,(H,14,17)(H,18,19). The molecule has 0 aliphatic rings. The molecule has 0 radical (unpaired) electrons. The van der Waals surface area contributed by atoms with Gasteiger partial charge in [-0.25, -0.2) is 9.78 Å². The summed E-state index contributed by atoms with van der Waals surface area (Å²) in [4.78, 5) is 28.0. The molecule has 1 rings (SSSR count). The van der Waals surface area contributed by atoms with Gasteiger partial charge in [0.15, 0.2) is 0 Å². The van der Waals surface area contributed by atoms with Crippen molar-refractivity contribution >= 4 is 29.3 Å². The first-order valence-electron chi connectivity index (χ1n) is 5.90. The van der Waals surface area contributed by atoms with Crippen LogP contribution in [0.3, 0.4) is 0 Å². The number of aromatic carboxylic acids is 1. The van der Waals surface area contributed by atoms with Gasteiger partial charge in [0.1, 0.15) is 5.82 Å². The quantitative estimate of drug-likeness (QED) is 0.825. The van der Waals surface area contributed by atoms with Gasteiger partial charge in [0.2, 0.25) is 5.91 Å². The number of pyridine rings is 1. The van der Waals surface area contributed by atoms with Crippen LogP contribution in [0.1, 0.15) is 24.2 Å². The maximum absolute atomic E-state index is 11.6. The number of hydrogen-bond acceptors (Lipinski definition) is 4. The summed E-state index contributed by atoms with van der Waals surface area (Å²) in [7, 11) is 0. The minimum Gasteiger partial charge on any atom is -0.478 e. The highest BCUT2D eigenvalue weighted by Crippen LogP contribution is 2.23. The van der Waals surface area contributed by atoms with Crippen LogP contribution in [0, 0.1) is 0 Å². The Kier molecular flexibility index (Phi) is 5.57. The number of hydrogen-bond donors (Lipinski definition) is 2. The number of rotatable bonds is 6. The van der Waals surface area contributed by atoms with Crippen molar-refractivity contribution in [1.29, 1.82) is 0 Å². The molecule has 7 heteroatoms. The molecule has 2 N–H and O–H groups in total. The van der Waals surface area contributed by atoms with Gasteiger partial charge in [-0.1, -0.05) is 11.6 Å². The van der Waals surface area contributed by atoms with E-state index in [0.717, 1.165) is 0 Å². The lowest BCUT2D eigenvalue weighted by Crippen LogP contribution is -2.37. The number of amides is 1. The fraction of sp³-hybridized carbons (Fsp3) is 0.417. The van der Waals surface area contributed by atoms with Crippen molar-refractivity contribution < 1.29 is 14.7 Å². The van der Waals surface area contributed by atoms with Crippen LogP contribution < -0.4 is 10.2 Å². The number of aromatic nitrogens is 1. The second kappa shape index (κ2) is 6.94. The number of likely N-dealkylation sites (N-methyl/N-ethyl adjacent to an activating group) is 2. The van der Waals surface area contributed by atoms with E-state index in [0.29, 0.717) is 18.9 Å². The molecule has 0 aromatic carbocycles. The molecule has 1 aromatic heterocycles. The number of nitrogens with zero attached hydrogens (tertiary/aromatic N) is 2. The Morgan fingerprint density at radius 3 is 2.63 bits per heavy atom. The van der Waals surface area contributed by atoms with Gasteiger partial charge < -0.3 is 15.3 Å². The van der Waals surface area contributed by atoms with Crippen LogP contribution in [0.4, 0.5) is 5.82 Å². The predicted octanol–water partition coefficient (Wildman–Crippen LogP) is 1.40. The van der Waals surface area contributed by atoms with E-state index in [9.17, 15) is 9.59 Å². The molecule has 0 aliphatic heterocycles. The molecule has 1 amide bonds. The molecule has 0 unspecified atom stereocenters. The van der Waals surface area contributed by atoms with Gasteiger partial charge in [-0.15, -0.1) is 0 Å². The second-order valence-electron chi connectivity index (χ2n) is 3.80. The molecule has 104 valence electrons. The molecule has 0 saturated heterocycles. The molecule has 0 saturated carbocycles. The number of carbonyl (C=O) groups excluding carboxylic acids is 1. The van der Waals surface area contributed by atoms with E-state index in [-0.39, 0.29) is 23.0 Å². The van der Waals surface area contributed by atoms with Gasteiger partial charge in [0.05, 0.1) is 17.1 Å². The number of halogens is 1. The third kappa shape index (κ3) is 4.10. The van der Waals surface area contributed by atoms with E-state index in [1.807, 2.05) is 13.8 Å². The van der Waals surface area contributed by atoms with E-state index < -0.39 is 5.97 Å². The van der Waals surface area contributed by atoms with Gasteiger partial charge in [-0.2, -0.15) is 0 Å². The summed E-state index contributed by atoms with van der Waals surface area (Å²) in [6.45, 7) is 4.92. The lowest BCUT2D eigenvalue weighted by atomic mass is 10.3. The van der Waals surface area contributed by atoms with Crippen molar-refractivity contribution in [2.45, 2.75) is 13.8 Å². The Morgan fingerprint density at radius 1 is 1.47 bits per heavy atom. The van der Waals surface area contributed by atoms with Gasteiger partial charge in [0, 0.05) is 19.3 Å². The number of carboxylic acid groups (broad SMARTS) is 1. The van der Waals surface area contributed by atoms with Crippen LogP contribution in [0.5, 0.6) is 0 Å². The molecule has 1 heterocycles. The average Bonchev–Trinajstić information content (AvgIpc) is 2.36. The van der Waals surface area contributed by atoms with Crippen LogP contribution in [-0.4, -0.2) is 41.6 Å². The molecular weight excluding hydrogens is 270 g/mol. The number of carbonyl (C=O) groups is 2. The molecular formula is C12H16ClN3O3. The molecule has 1 aromatic rings. The fourth-order valence-electron chi connectivity index (χ4n) is 1.54. The summed E-state index contributed by atoms with van der Waals surface area (Å²) in [6, 6.07) is 1.33. The lowest BCUT2D eigenvalue weighted by molar-refractivity contribution is -0.119. The van der Waals surface area contributed by atoms with Gasteiger partial charge in [-0.3, -0.25) is 4.79 Å². The third-order valence-electron chi connectivity index (χ3n) is 2.46. The van der Waals surface area contributed by atoms with Crippen molar-refractivity contribution in [3.63, 3.8) is 0 Å².